The van der Waals surface area contributed by atoms with E-state index in [0.717, 1.165) is 38.9 Å². The molecule has 0 bridgehead atoms. The van der Waals surface area contributed by atoms with Crippen molar-refractivity contribution in [3.63, 3.8) is 0 Å². The molecular formula is C43H44N2O5. The van der Waals surface area contributed by atoms with E-state index in [1.54, 1.807) is 0 Å². The number of amides is 2. The summed E-state index contributed by atoms with van der Waals surface area (Å²) in [6.45, 7) is 4.52. The molecule has 0 aromatic heterocycles. The molecule has 2 N–H and O–H groups in total. The topological polar surface area (TPSA) is 95.9 Å². The first-order valence-corrected chi connectivity index (χ1v) is 17.0. The first-order valence-electron chi connectivity index (χ1n) is 17.0. The largest absolute Gasteiger partial charge is 0.479 e. The fourth-order valence-electron chi connectivity index (χ4n) is 6.09. The second kappa shape index (κ2) is 17.1. The van der Waals surface area contributed by atoms with E-state index < -0.39 is 23.5 Å². The van der Waals surface area contributed by atoms with Crippen LogP contribution >= 0.6 is 0 Å². The summed E-state index contributed by atoms with van der Waals surface area (Å²) in [5.41, 5.74) is 5.04. The Morgan fingerprint density at radius 3 is 1.68 bits per heavy atom. The molecule has 0 aliphatic heterocycles. The number of carboxylic acid groups (broad SMARTS) is 1. The lowest BCUT2D eigenvalue weighted by Gasteiger charge is -2.34. The van der Waals surface area contributed by atoms with Gasteiger partial charge in [0.1, 0.15) is 12.1 Å². The Balaban J connectivity index is 1.37. The monoisotopic (exact) mass is 668 g/mol. The van der Waals surface area contributed by atoms with Crippen LogP contribution in [0.2, 0.25) is 0 Å². The van der Waals surface area contributed by atoms with Gasteiger partial charge in [-0.15, -0.1) is 0 Å². The molecule has 0 radical (unpaired) electrons. The van der Waals surface area contributed by atoms with Crippen LogP contribution in [0.4, 0.5) is 4.79 Å². The van der Waals surface area contributed by atoms with Crippen molar-refractivity contribution < 1.29 is 24.2 Å². The van der Waals surface area contributed by atoms with Crippen LogP contribution < -0.4 is 5.32 Å². The van der Waals surface area contributed by atoms with Gasteiger partial charge in [0.25, 0.3) is 0 Å². The Kier molecular flexibility index (Phi) is 12.2. The lowest BCUT2D eigenvalue weighted by atomic mass is 9.84. The number of carbonyl (C=O) groups is 3. The highest BCUT2D eigenvalue weighted by Crippen LogP contribution is 2.32. The van der Waals surface area contributed by atoms with Crippen molar-refractivity contribution in [1.82, 2.24) is 10.2 Å². The molecule has 0 saturated heterocycles. The number of nitrogens with zero attached hydrogens (tertiary/aromatic N) is 1. The summed E-state index contributed by atoms with van der Waals surface area (Å²) in [4.78, 5) is 41.4. The maximum atomic E-state index is 14.0. The van der Waals surface area contributed by atoms with Crippen molar-refractivity contribution in [3.05, 3.63) is 156 Å². The number of rotatable bonds is 15. The van der Waals surface area contributed by atoms with Crippen molar-refractivity contribution in [2.24, 2.45) is 5.92 Å². The van der Waals surface area contributed by atoms with Gasteiger partial charge in [-0.1, -0.05) is 153 Å². The van der Waals surface area contributed by atoms with Crippen LogP contribution in [0.1, 0.15) is 37.0 Å². The number of hydrogen-bond acceptors (Lipinski definition) is 4. The summed E-state index contributed by atoms with van der Waals surface area (Å²) in [5, 5.41) is 13.8. The second-order valence-corrected chi connectivity index (χ2v) is 13.0. The number of ether oxygens (including phenoxy) is 1. The van der Waals surface area contributed by atoms with E-state index in [1.807, 2.05) is 129 Å². The quantitative estimate of drug-likeness (QED) is 0.109. The van der Waals surface area contributed by atoms with Crippen LogP contribution in [0.15, 0.2) is 140 Å². The third-order valence-electron chi connectivity index (χ3n) is 8.59. The van der Waals surface area contributed by atoms with Gasteiger partial charge in [0.05, 0.1) is 6.42 Å². The number of aliphatic carboxylic acids is 1. The summed E-state index contributed by atoms with van der Waals surface area (Å²) < 4.78 is 5.44. The molecule has 0 fully saturated rings. The third-order valence-corrected chi connectivity index (χ3v) is 8.59. The van der Waals surface area contributed by atoms with E-state index in [9.17, 15) is 19.5 Å². The Hall–Kier alpha value is -5.69. The molecule has 5 aromatic rings. The number of urea groups is 1. The molecule has 0 aliphatic carbocycles. The Morgan fingerprint density at radius 2 is 1.14 bits per heavy atom. The summed E-state index contributed by atoms with van der Waals surface area (Å²) in [7, 11) is 0. The number of carbonyl (C=O) groups excluding carboxylic acids is 2. The van der Waals surface area contributed by atoms with Crippen molar-refractivity contribution in [3.8, 4) is 22.3 Å². The molecule has 256 valence electrons. The molecule has 0 unspecified atom stereocenters. The zero-order valence-electron chi connectivity index (χ0n) is 28.6. The normalized spacial score (nSPS) is 12.1. The lowest BCUT2D eigenvalue weighted by molar-refractivity contribution is -0.146. The summed E-state index contributed by atoms with van der Waals surface area (Å²) in [5.74, 6) is -1.49. The molecule has 1 atom stereocenters. The highest BCUT2D eigenvalue weighted by molar-refractivity contribution is 5.88. The van der Waals surface area contributed by atoms with Gasteiger partial charge in [0.15, 0.2) is 0 Å². The SMILES string of the molecule is CC(C)CN(CCC(=O)OCc1ccccc1)C(=O)N[C@@](Cc1ccccc1)(Cc1ccc(-c2ccccc2-c2ccccc2)cc1)C(=O)O. The van der Waals surface area contributed by atoms with Crippen LogP contribution in [0.3, 0.4) is 0 Å². The standard InChI is InChI=1S/C43H44N2O5/c1-32(2)30-45(27-26-40(46)50-31-35-16-8-4-9-17-35)42(49)44-43(41(47)48,28-33-14-6-3-7-15-33)29-34-22-24-37(25-23-34)39-21-13-12-20-38(39)36-18-10-5-11-19-36/h3-25,32H,26-31H2,1-2H3,(H,44,49)(H,47,48)/t43-/m0/s1. The second-order valence-electron chi connectivity index (χ2n) is 13.0. The van der Waals surface area contributed by atoms with Gasteiger partial charge in [-0.2, -0.15) is 0 Å². The molecule has 0 heterocycles. The van der Waals surface area contributed by atoms with Crippen molar-refractivity contribution in [1.29, 1.82) is 0 Å². The van der Waals surface area contributed by atoms with Crippen LogP contribution in [0, 0.1) is 5.92 Å². The Morgan fingerprint density at radius 1 is 0.660 bits per heavy atom. The van der Waals surface area contributed by atoms with E-state index >= 15 is 0 Å². The van der Waals surface area contributed by atoms with Gasteiger partial charge in [-0.05, 0) is 44.9 Å². The molecule has 0 spiro atoms. The molecule has 0 saturated carbocycles. The van der Waals surface area contributed by atoms with Crippen LogP contribution in [-0.4, -0.2) is 46.6 Å². The molecule has 7 heteroatoms. The zero-order chi connectivity index (χ0) is 35.3. The van der Waals surface area contributed by atoms with Crippen molar-refractivity contribution in [2.45, 2.75) is 45.3 Å². The zero-order valence-corrected chi connectivity index (χ0v) is 28.6. The first kappa shape index (κ1) is 35.6. The fourth-order valence-corrected chi connectivity index (χ4v) is 6.09. The van der Waals surface area contributed by atoms with E-state index in [2.05, 4.69) is 29.6 Å². The minimum absolute atomic E-state index is 0.0162. The molecular weight excluding hydrogens is 624 g/mol. The van der Waals surface area contributed by atoms with Gasteiger partial charge in [-0.3, -0.25) is 4.79 Å². The number of nitrogens with one attached hydrogen (secondary N) is 1. The molecule has 7 nitrogen and oxygen atoms in total. The van der Waals surface area contributed by atoms with Crippen molar-refractivity contribution >= 4 is 18.0 Å². The predicted octanol–water partition coefficient (Wildman–Crippen LogP) is 8.43. The van der Waals surface area contributed by atoms with E-state index in [4.69, 9.17) is 4.74 Å². The molecule has 0 aliphatic rings. The molecule has 5 rings (SSSR count). The Labute approximate surface area is 294 Å². The van der Waals surface area contributed by atoms with E-state index in [-0.39, 0.29) is 38.3 Å². The highest BCUT2D eigenvalue weighted by atomic mass is 16.5. The minimum atomic E-state index is -1.66. The minimum Gasteiger partial charge on any atom is -0.479 e. The van der Waals surface area contributed by atoms with Gasteiger partial charge in [0, 0.05) is 25.9 Å². The van der Waals surface area contributed by atoms with Crippen molar-refractivity contribution in [2.75, 3.05) is 13.1 Å². The number of hydrogen-bond donors (Lipinski definition) is 2. The summed E-state index contributed by atoms with van der Waals surface area (Å²) in [6, 6.07) is 44.4. The maximum Gasteiger partial charge on any atom is 0.330 e. The molecule has 5 aromatic carbocycles. The van der Waals surface area contributed by atoms with E-state index in [1.165, 1.54) is 4.90 Å². The van der Waals surface area contributed by atoms with Gasteiger partial charge < -0.3 is 20.1 Å². The molecule has 2 amide bonds. The average Bonchev–Trinajstić information content (AvgIpc) is 3.13. The van der Waals surface area contributed by atoms with Crippen LogP contribution in [-0.2, 0) is 33.8 Å². The van der Waals surface area contributed by atoms with Crippen LogP contribution in [0.5, 0.6) is 0 Å². The fraction of sp³-hybridized carbons (Fsp3) is 0.233. The third kappa shape index (κ3) is 9.69. The number of benzene rings is 5. The average molecular weight is 669 g/mol. The predicted molar refractivity (Wildman–Crippen MR) is 197 cm³/mol. The summed E-state index contributed by atoms with van der Waals surface area (Å²) in [6.07, 6.45) is 0.109. The smallest absolute Gasteiger partial charge is 0.330 e. The van der Waals surface area contributed by atoms with E-state index in [0.29, 0.717) is 6.54 Å². The highest BCUT2D eigenvalue weighted by Gasteiger charge is 2.41. The maximum absolute atomic E-state index is 14.0. The lowest BCUT2D eigenvalue weighted by Crippen LogP contribution is -2.61. The number of esters is 1. The van der Waals surface area contributed by atoms with Gasteiger partial charge in [-0.25, -0.2) is 9.59 Å². The number of carboxylic acids is 1. The first-order chi connectivity index (χ1) is 24.2. The summed E-state index contributed by atoms with van der Waals surface area (Å²) >= 11 is 0. The molecule has 50 heavy (non-hydrogen) atoms. The van der Waals surface area contributed by atoms with Gasteiger partial charge >= 0.3 is 18.0 Å². The van der Waals surface area contributed by atoms with Gasteiger partial charge in [0.2, 0.25) is 0 Å². The van der Waals surface area contributed by atoms with Crippen LogP contribution in [0.25, 0.3) is 22.3 Å². The Bertz CT molecular complexity index is 1840.